The molecule has 2 aromatic rings. The molecule has 3 rings (SSSR count). The first-order valence-corrected chi connectivity index (χ1v) is 10.3. The number of rotatable bonds is 5. The fraction of sp³-hybridized carbons (Fsp3) is 0.500. The number of hydrogen-bond donors (Lipinski definition) is 0. The van der Waals surface area contributed by atoms with Gasteiger partial charge < -0.3 is 4.90 Å². The van der Waals surface area contributed by atoms with Gasteiger partial charge in [-0.3, -0.25) is 4.79 Å². The molecule has 1 aromatic heterocycles. The van der Waals surface area contributed by atoms with Crippen LogP contribution in [0.25, 0.3) is 0 Å². The lowest BCUT2D eigenvalue weighted by atomic mass is 9.73. The summed E-state index contributed by atoms with van der Waals surface area (Å²) in [6.45, 7) is 7.66. The highest BCUT2D eigenvalue weighted by atomic mass is 32.1. The second-order valence-electron chi connectivity index (χ2n) is 7.79. The van der Waals surface area contributed by atoms with Crippen molar-refractivity contribution < 1.29 is 4.79 Å². The Morgan fingerprint density at radius 2 is 1.92 bits per heavy atom. The Morgan fingerprint density at radius 3 is 2.56 bits per heavy atom. The normalized spacial score (nSPS) is 23.6. The van der Waals surface area contributed by atoms with Crippen LogP contribution in [0.2, 0.25) is 0 Å². The van der Waals surface area contributed by atoms with Gasteiger partial charge in [0.2, 0.25) is 0 Å². The average molecular weight is 356 g/mol. The zero-order valence-corrected chi connectivity index (χ0v) is 16.3. The summed E-state index contributed by atoms with van der Waals surface area (Å²) in [5.41, 5.74) is 1.22. The van der Waals surface area contributed by atoms with E-state index < -0.39 is 0 Å². The van der Waals surface area contributed by atoms with Gasteiger partial charge >= 0.3 is 0 Å². The maximum absolute atomic E-state index is 13.3. The molecule has 1 saturated carbocycles. The molecule has 2 nitrogen and oxygen atoms in total. The molecule has 1 heterocycles. The van der Waals surface area contributed by atoms with Crippen molar-refractivity contribution in [3.63, 3.8) is 0 Å². The van der Waals surface area contributed by atoms with Crippen molar-refractivity contribution in [2.75, 3.05) is 0 Å². The van der Waals surface area contributed by atoms with Crippen molar-refractivity contribution in [2.24, 2.45) is 17.8 Å². The van der Waals surface area contributed by atoms with Crippen molar-refractivity contribution in [3.05, 3.63) is 58.3 Å². The third-order valence-electron chi connectivity index (χ3n) is 5.58. The summed E-state index contributed by atoms with van der Waals surface area (Å²) in [6.07, 6.45) is 3.63. The second-order valence-corrected chi connectivity index (χ2v) is 8.74. The second kappa shape index (κ2) is 8.18. The molecule has 0 aliphatic heterocycles. The standard InChI is InChI=1S/C22H29NOS/c1-16(2)19-12-11-17(3)14-20(19)23(15-18-8-5-4-6-9-18)22(24)21-10-7-13-25-21/h4-10,13,16-17,19-20H,11-12,14-15H2,1-3H3/t17-,19-,20-/m1/s1. The zero-order valence-electron chi connectivity index (χ0n) is 15.5. The summed E-state index contributed by atoms with van der Waals surface area (Å²) in [5, 5.41) is 2.00. The van der Waals surface area contributed by atoms with Gasteiger partial charge in [-0.15, -0.1) is 11.3 Å². The van der Waals surface area contributed by atoms with Crippen LogP contribution in [0.1, 0.15) is 55.3 Å². The summed E-state index contributed by atoms with van der Waals surface area (Å²) < 4.78 is 0. The van der Waals surface area contributed by atoms with E-state index in [0.717, 1.165) is 11.3 Å². The highest BCUT2D eigenvalue weighted by molar-refractivity contribution is 7.12. The molecule has 1 amide bonds. The minimum Gasteiger partial charge on any atom is -0.330 e. The Kier molecular flexibility index (Phi) is 5.95. The maximum atomic E-state index is 13.3. The maximum Gasteiger partial charge on any atom is 0.264 e. The number of amides is 1. The van der Waals surface area contributed by atoms with Crippen LogP contribution in [-0.4, -0.2) is 16.8 Å². The van der Waals surface area contributed by atoms with E-state index in [9.17, 15) is 4.79 Å². The predicted molar refractivity (Wildman–Crippen MR) is 106 cm³/mol. The Morgan fingerprint density at radius 1 is 1.16 bits per heavy atom. The molecular weight excluding hydrogens is 326 g/mol. The molecule has 1 aliphatic carbocycles. The molecule has 0 saturated heterocycles. The summed E-state index contributed by atoms with van der Waals surface area (Å²) in [6, 6.07) is 14.7. The van der Waals surface area contributed by atoms with E-state index in [0.29, 0.717) is 30.3 Å². The van der Waals surface area contributed by atoms with Gasteiger partial charge in [0.1, 0.15) is 0 Å². The third-order valence-corrected chi connectivity index (χ3v) is 6.43. The minimum atomic E-state index is 0.198. The fourth-order valence-electron chi connectivity index (χ4n) is 4.17. The molecule has 134 valence electrons. The van der Waals surface area contributed by atoms with Crippen LogP contribution in [0.4, 0.5) is 0 Å². The highest BCUT2D eigenvalue weighted by Gasteiger charge is 2.37. The van der Waals surface area contributed by atoms with Gasteiger partial charge in [0.25, 0.3) is 5.91 Å². The minimum absolute atomic E-state index is 0.198. The molecular formula is C22H29NOS. The van der Waals surface area contributed by atoms with Crippen molar-refractivity contribution in [3.8, 4) is 0 Å². The van der Waals surface area contributed by atoms with Crippen LogP contribution in [0, 0.1) is 17.8 Å². The average Bonchev–Trinajstić information content (AvgIpc) is 3.14. The fourth-order valence-corrected chi connectivity index (χ4v) is 4.85. The van der Waals surface area contributed by atoms with Crippen LogP contribution in [0.15, 0.2) is 47.8 Å². The Labute approximate surface area is 155 Å². The third kappa shape index (κ3) is 4.33. The largest absolute Gasteiger partial charge is 0.330 e. The van der Waals surface area contributed by atoms with E-state index in [1.165, 1.54) is 18.4 Å². The van der Waals surface area contributed by atoms with Gasteiger partial charge in [0.15, 0.2) is 0 Å². The van der Waals surface area contributed by atoms with Crippen molar-refractivity contribution in [2.45, 2.75) is 52.6 Å². The number of benzene rings is 1. The Hall–Kier alpha value is -1.61. The molecule has 1 fully saturated rings. The number of nitrogens with zero attached hydrogens (tertiary/aromatic N) is 1. The van der Waals surface area contributed by atoms with Gasteiger partial charge in [-0.1, -0.05) is 63.6 Å². The van der Waals surface area contributed by atoms with E-state index in [2.05, 4.69) is 49.9 Å². The lowest BCUT2D eigenvalue weighted by Gasteiger charge is -2.44. The number of thiophene rings is 1. The molecule has 0 unspecified atom stereocenters. The Balaban J connectivity index is 1.92. The molecule has 3 heteroatoms. The van der Waals surface area contributed by atoms with Crippen molar-refractivity contribution in [1.29, 1.82) is 0 Å². The first-order chi connectivity index (χ1) is 12.1. The first-order valence-electron chi connectivity index (χ1n) is 9.44. The number of carbonyl (C=O) groups is 1. The van der Waals surface area contributed by atoms with E-state index in [4.69, 9.17) is 0 Å². The highest BCUT2D eigenvalue weighted by Crippen LogP contribution is 2.37. The van der Waals surface area contributed by atoms with E-state index in [-0.39, 0.29) is 5.91 Å². The van der Waals surface area contributed by atoms with Crippen LogP contribution in [0.5, 0.6) is 0 Å². The molecule has 1 aliphatic rings. The quantitative estimate of drug-likeness (QED) is 0.658. The lowest BCUT2D eigenvalue weighted by molar-refractivity contribution is 0.0371. The van der Waals surface area contributed by atoms with Crippen LogP contribution in [0.3, 0.4) is 0 Å². The molecule has 0 spiro atoms. The predicted octanol–water partition coefficient (Wildman–Crippen LogP) is 5.85. The molecule has 3 atom stereocenters. The van der Waals surface area contributed by atoms with Gasteiger partial charge in [-0.2, -0.15) is 0 Å². The Bertz CT molecular complexity index is 665. The molecule has 0 bridgehead atoms. The summed E-state index contributed by atoms with van der Waals surface area (Å²) in [4.78, 5) is 16.3. The summed E-state index contributed by atoms with van der Waals surface area (Å²) in [7, 11) is 0. The van der Waals surface area contributed by atoms with Gasteiger partial charge in [0, 0.05) is 12.6 Å². The number of hydrogen-bond acceptors (Lipinski definition) is 2. The smallest absolute Gasteiger partial charge is 0.264 e. The molecule has 0 N–H and O–H groups in total. The summed E-state index contributed by atoms with van der Waals surface area (Å²) in [5.74, 6) is 2.08. The van der Waals surface area contributed by atoms with Crippen molar-refractivity contribution >= 4 is 17.2 Å². The lowest BCUT2D eigenvalue weighted by Crippen LogP contribution is -2.48. The van der Waals surface area contributed by atoms with Crippen LogP contribution < -0.4 is 0 Å². The van der Waals surface area contributed by atoms with E-state index >= 15 is 0 Å². The van der Waals surface area contributed by atoms with Gasteiger partial charge in [-0.25, -0.2) is 0 Å². The van der Waals surface area contributed by atoms with E-state index in [1.807, 2.05) is 23.6 Å². The number of carbonyl (C=O) groups excluding carboxylic acids is 1. The molecule has 0 radical (unpaired) electrons. The van der Waals surface area contributed by atoms with Gasteiger partial charge in [-0.05, 0) is 47.6 Å². The SMILES string of the molecule is CC(C)[C@H]1CC[C@@H](C)C[C@H]1N(Cc1ccccc1)C(=O)c1cccs1. The van der Waals surface area contributed by atoms with Crippen LogP contribution in [-0.2, 0) is 6.54 Å². The molecule has 1 aromatic carbocycles. The zero-order chi connectivity index (χ0) is 17.8. The summed E-state index contributed by atoms with van der Waals surface area (Å²) >= 11 is 1.55. The van der Waals surface area contributed by atoms with Crippen molar-refractivity contribution in [1.82, 2.24) is 4.90 Å². The van der Waals surface area contributed by atoms with Crippen LogP contribution >= 0.6 is 11.3 Å². The van der Waals surface area contributed by atoms with Gasteiger partial charge in [0.05, 0.1) is 4.88 Å². The van der Waals surface area contributed by atoms with E-state index in [1.54, 1.807) is 11.3 Å². The monoisotopic (exact) mass is 355 g/mol. The first kappa shape index (κ1) is 18.2. The molecule has 25 heavy (non-hydrogen) atoms. The topological polar surface area (TPSA) is 20.3 Å².